The molecule has 2 heterocycles. The highest BCUT2D eigenvalue weighted by Gasteiger charge is 2.05. The molecule has 0 aliphatic heterocycles. The topological polar surface area (TPSA) is 122 Å². The number of nitrogens with zero attached hydrogens (tertiary/aromatic N) is 3. The molecule has 0 radical (unpaired) electrons. The maximum Gasteiger partial charge on any atom is 0.265 e. The van der Waals surface area contributed by atoms with Crippen LogP contribution >= 0.6 is 0 Å². The van der Waals surface area contributed by atoms with Crippen LogP contribution in [0.15, 0.2) is 28.8 Å². The molecule has 0 bridgehead atoms. The predicted octanol–water partition coefficient (Wildman–Crippen LogP) is 2.08. The van der Waals surface area contributed by atoms with E-state index in [9.17, 15) is 4.79 Å². The summed E-state index contributed by atoms with van der Waals surface area (Å²) < 4.78 is 4.69. The van der Waals surface area contributed by atoms with E-state index >= 15 is 0 Å². The lowest BCUT2D eigenvalue weighted by atomic mass is 10.2. The highest BCUT2D eigenvalue weighted by molar-refractivity contribution is 5.97. The summed E-state index contributed by atoms with van der Waals surface area (Å²) in [7, 11) is 0. The van der Waals surface area contributed by atoms with Gasteiger partial charge in [0.25, 0.3) is 5.91 Å². The van der Waals surface area contributed by atoms with E-state index < -0.39 is 5.91 Å². The Morgan fingerprint density at radius 2 is 2.23 bits per heavy atom. The average Bonchev–Trinajstić information content (AvgIpc) is 3.12. The molecule has 22 heavy (non-hydrogen) atoms. The van der Waals surface area contributed by atoms with Crippen LogP contribution in [0.4, 0.5) is 0 Å². The SMILES string of the molecule is CCc1noc(C)n1.N#Cc1ccc2[nH]c(C(N)=O)cc2c1. The normalized spacial score (nSPS) is 9.86. The minimum Gasteiger partial charge on any atom is -0.364 e. The van der Waals surface area contributed by atoms with E-state index in [0.717, 1.165) is 23.1 Å². The number of benzene rings is 1. The first-order chi connectivity index (χ1) is 10.5. The number of H-pyrrole nitrogens is 1. The van der Waals surface area contributed by atoms with Crippen molar-refractivity contribution in [2.45, 2.75) is 20.3 Å². The van der Waals surface area contributed by atoms with Gasteiger partial charge < -0.3 is 15.2 Å². The summed E-state index contributed by atoms with van der Waals surface area (Å²) >= 11 is 0. The van der Waals surface area contributed by atoms with Gasteiger partial charge >= 0.3 is 0 Å². The molecule has 3 rings (SSSR count). The Labute approximate surface area is 126 Å². The Morgan fingerprint density at radius 1 is 1.45 bits per heavy atom. The van der Waals surface area contributed by atoms with Crippen molar-refractivity contribution in [1.82, 2.24) is 15.1 Å². The first-order valence-corrected chi connectivity index (χ1v) is 6.65. The molecule has 0 saturated carbocycles. The third-order valence-corrected chi connectivity index (χ3v) is 2.90. The van der Waals surface area contributed by atoms with Crippen LogP contribution in [-0.2, 0) is 6.42 Å². The first-order valence-electron chi connectivity index (χ1n) is 6.65. The summed E-state index contributed by atoms with van der Waals surface area (Å²) in [5, 5.41) is 13.1. The molecule has 0 fully saturated rings. The molecule has 0 saturated heterocycles. The lowest BCUT2D eigenvalue weighted by Gasteiger charge is -1.88. The molecular weight excluding hydrogens is 282 g/mol. The van der Waals surface area contributed by atoms with Gasteiger partial charge in [-0.05, 0) is 24.3 Å². The maximum atomic E-state index is 10.9. The number of aromatic amines is 1. The minimum atomic E-state index is -0.500. The van der Waals surface area contributed by atoms with Gasteiger partial charge in [-0.15, -0.1) is 0 Å². The maximum absolute atomic E-state index is 10.9. The Bertz CT molecular complexity index is 841. The van der Waals surface area contributed by atoms with E-state index in [-0.39, 0.29) is 0 Å². The van der Waals surface area contributed by atoms with Gasteiger partial charge in [-0.2, -0.15) is 10.2 Å². The van der Waals surface area contributed by atoms with Crippen LogP contribution in [-0.4, -0.2) is 21.0 Å². The number of hydrogen-bond acceptors (Lipinski definition) is 5. The first kappa shape index (κ1) is 15.3. The molecule has 112 valence electrons. The van der Waals surface area contributed by atoms with Crippen molar-refractivity contribution >= 4 is 16.8 Å². The lowest BCUT2D eigenvalue weighted by Crippen LogP contribution is -2.10. The summed E-state index contributed by atoms with van der Waals surface area (Å²) in [4.78, 5) is 17.7. The zero-order chi connectivity index (χ0) is 16.1. The van der Waals surface area contributed by atoms with Crippen LogP contribution in [0.1, 0.15) is 34.7 Å². The van der Waals surface area contributed by atoms with E-state index in [0.29, 0.717) is 17.1 Å². The van der Waals surface area contributed by atoms with Gasteiger partial charge in [0.05, 0.1) is 11.6 Å². The number of amides is 1. The summed E-state index contributed by atoms with van der Waals surface area (Å²) in [6.45, 7) is 3.77. The molecule has 7 heteroatoms. The van der Waals surface area contributed by atoms with Crippen molar-refractivity contribution in [2.75, 3.05) is 0 Å². The summed E-state index contributed by atoms with van der Waals surface area (Å²) in [5.41, 5.74) is 6.84. The van der Waals surface area contributed by atoms with Crippen molar-refractivity contribution in [3.05, 3.63) is 47.2 Å². The van der Waals surface area contributed by atoms with Crippen molar-refractivity contribution in [3.63, 3.8) is 0 Å². The summed E-state index contributed by atoms with van der Waals surface area (Å²) in [5.74, 6) is 0.920. The number of hydrogen-bond donors (Lipinski definition) is 2. The van der Waals surface area contributed by atoms with Gasteiger partial charge in [0.15, 0.2) is 5.82 Å². The number of rotatable bonds is 2. The molecule has 3 aromatic rings. The zero-order valence-electron chi connectivity index (χ0n) is 12.3. The van der Waals surface area contributed by atoms with E-state index in [1.54, 1.807) is 31.2 Å². The van der Waals surface area contributed by atoms with E-state index in [1.165, 1.54) is 0 Å². The Morgan fingerprint density at radius 3 is 2.73 bits per heavy atom. The van der Waals surface area contributed by atoms with Gasteiger partial charge in [0, 0.05) is 24.2 Å². The molecular formula is C15H15N5O2. The van der Waals surface area contributed by atoms with Crippen LogP contribution in [0.3, 0.4) is 0 Å². The van der Waals surface area contributed by atoms with Gasteiger partial charge in [-0.1, -0.05) is 12.1 Å². The molecule has 1 amide bonds. The van der Waals surface area contributed by atoms with E-state index in [1.807, 2.05) is 13.0 Å². The van der Waals surface area contributed by atoms with Crippen LogP contribution in [0, 0.1) is 18.3 Å². The van der Waals surface area contributed by atoms with Crippen LogP contribution < -0.4 is 5.73 Å². The van der Waals surface area contributed by atoms with E-state index in [2.05, 4.69) is 15.1 Å². The van der Waals surface area contributed by atoms with E-state index in [4.69, 9.17) is 15.5 Å². The van der Waals surface area contributed by atoms with Crippen molar-refractivity contribution < 1.29 is 9.32 Å². The van der Waals surface area contributed by atoms with Gasteiger partial charge in [-0.3, -0.25) is 4.79 Å². The number of carbonyl (C=O) groups excluding carboxylic acids is 1. The number of nitrogens with one attached hydrogen (secondary N) is 1. The lowest BCUT2D eigenvalue weighted by molar-refractivity contribution is 0.0996. The number of nitrogens with two attached hydrogens (primary N) is 1. The molecule has 7 nitrogen and oxygen atoms in total. The highest BCUT2D eigenvalue weighted by atomic mass is 16.5. The molecule has 0 aliphatic carbocycles. The number of primary amides is 1. The highest BCUT2D eigenvalue weighted by Crippen LogP contribution is 2.16. The fraction of sp³-hybridized carbons (Fsp3) is 0.200. The second kappa shape index (κ2) is 6.54. The average molecular weight is 297 g/mol. The van der Waals surface area contributed by atoms with Crippen LogP contribution in [0.2, 0.25) is 0 Å². The second-order valence-electron chi connectivity index (χ2n) is 4.54. The third-order valence-electron chi connectivity index (χ3n) is 2.90. The molecule has 0 spiro atoms. The fourth-order valence-electron chi connectivity index (χ4n) is 1.82. The van der Waals surface area contributed by atoms with Crippen LogP contribution in [0.25, 0.3) is 10.9 Å². The molecule has 1 aromatic carbocycles. The van der Waals surface area contributed by atoms with Gasteiger partial charge in [0.1, 0.15) is 5.69 Å². The predicted molar refractivity (Wildman–Crippen MR) is 79.9 cm³/mol. The summed E-state index contributed by atoms with van der Waals surface area (Å²) in [6, 6.07) is 8.81. The van der Waals surface area contributed by atoms with Gasteiger partial charge in [-0.25, -0.2) is 0 Å². The number of carbonyl (C=O) groups is 1. The molecule has 0 aliphatic rings. The van der Waals surface area contributed by atoms with Crippen LogP contribution in [0.5, 0.6) is 0 Å². The molecule has 0 atom stereocenters. The molecule has 2 aromatic heterocycles. The Hall–Kier alpha value is -3.14. The smallest absolute Gasteiger partial charge is 0.265 e. The standard InChI is InChI=1S/C10H7N3O.C5H8N2O/c11-5-6-1-2-8-7(3-6)4-9(13-8)10(12)14;1-3-5-6-4(2)8-7-5/h1-4,13H,(H2,12,14);3H2,1-2H3. The minimum absolute atomic E-state index is 0.357. The summed E-state index contributed by atoms with van der Waals surface area (Å²) in [6.07, 6.45) is 0.845. The number of fused-ring (bicyclic) bond motifs is 1. The quantitative estimate of drug-likeness (QED) is 0.749. The monoisotopic (exact) mass is 297 g/mol. The number of aryl methyl sites for hydroxylation is 2. The number of nitriles is 1. The fourth-order valence-corrected chi connectivity index (χ4v) is 1.82. The van der Waals surface area contributed by atoms with Crippen molar-refractivity contribution in [2.24, 2.45) is 5.73 Å². The Balaban J connectivity index is 0.000000188. The number of aromatic nitrogens is 3. The molecule has 0 unspecified atom stereocenters. The second-order valence-corrected chi connectivity index (χ2v) is 4.54. The van der Waals surface area contributed by atoms with Gasteiger partial charge in [0.2, 0.25) is 5.89 Å². The largest absolute Gasteiger partial charge is 0.364 e. The third kappa shape index (κ3) is 3.49. The Kier molecular flexibility index (Phi) is 4.53. The zero-order valence-corrected chi connectivity index (χ0v) is 12.3. The molecule has 3 N–H and O–H groups in total. The van der Waals surface area contributed by atoms with Crippen molar-refractivity contribution in [3.8, 4) is 6.07 Å². The van der Waals surface area contributed by atoms with Crippen molar-refractivity contribution in [1.29, 1.82) is 5.26 Å².